The molecule has 5 heteroatoms. The maximum absolute atomic E-state index is 11.6. The third-order valence-electron chi connectivity index (χ3n) is 2.55. The summed E-state index contributed by atoms with van der Waals surface area (Å²) in [6.07, 6.45) is -1.22. The number of likely N-dealkylation sites (N-methyl/N-ethyl adjacent to an activating group) is 1. The van der Waals surface area contributed by atoms with Crippen molar-refractivity contribution in [3.63, 3.8) is 0 Å². The fourth-order valence-electron chi connectivity index (χ4n) is 1.47. The third-order valence-corrected chi connectivity index (χ3v) is 3.62. The van der Waals surface area contributed by atoms with Gasteiger partial charge in [-0.25, -0.2) is 9.69 Å². The van der Waals surface area contributed by atoms with Crippen molar-refractivity contribution >= 4 is 23.8 Å². The molecular weight excluding hydrogens is 238 g/mol. The summed E-state index contributed by atoms with van der Waals surface area (Å²) in [7, 11) is 1.43. The molecule has 0 saturated carbocycles. The molecule has 1 heterocycles. The minimum absolute atomic E-state index is 0.269. The van der Waals surface area contributed by atoms with Crippen molar-refractivity contribution in [2.24, 2.45) is 0 Å². The molecule has 0 bridgehead atoms. The van der Waals surface area contributed by atoms with Gasteiger partial charge in [0.25, 0.3) is 5.91 Å². The molecule has 4 nitrogen and oxygen atoms in total. The molecule has 2 rings (SSSR count). The van der Waals surface area contributed by atoms with Gasteiger partial charge in [0.2, 0.25) is 0 Å². The minimum Gasteiger partial charge on any atom is -0.435 e. The Kier molecular flexibility index (Phi) is 3.38. The van der Waals surface area contributed by atoms with Crippen molar-refractivity contribution in [1.82, 2.24) is 4.90 Å². The first-order chi connectivity index (χ1) is 8.08. The van der Waals surface area contributed by atoms with E-state index in [4.69, 9.17) is 4.74 Å². The van der Waals surface area contributed by atoms with E-state index >= 15 is 0 Å². The van der Waals surface area contributed by atoms with Crippen molar-refractivity contribution in [2.75, 3.05) is 12.8 Å². The van der Waals surface area contributed by atoms with E-state index in [-0.39, 0.29) is 5.91 Å². The molecule has 0 N–H and O–H groups in total. The molecule has 1 atom stereocenters. The number of aryl methyl sites for hydroxylation is 1. The van der Waals surface area contributed by atoms with Crippen LogP contribution in [0, 0.1) is 6.92 Å². The lowest BCUT2D eigenvalue weighted by Crippen LogP contribution is -2.28. The smallest absolute Gasteiger partial charge is 0.417 e. The normalized spacial score (nSPS) is 19.6. The quantitative estimate of drug-likeness (QED) is 0.771. The van der Waals surface area contributed by atoms with Crippen molar-refractivity contribution in [3.05, 3.63) is 29.8 Å². The standard InChI is InChI=1S/C12H13NO3S/c1-8-3-5-9(6-4-8)17-7-10-11(14)13(2)12(15)16-10/h3-6,10H,7H2,1-2H3. The van der Waals surface area contributed by atoms with Gasteiger partial charge in [-0.2, -0.15) is 0 Å². The maximum atomic E-state index is 11.6. The highest BCUT2D eigenvalue weighted by Gasteiger charge is 2.37. The van der Waals surface area contributed by atoms with Crippen LogP contribution in [-0.4, -0.2) is 35.8 Å². The van der Waals surface area contributed by atoms with Crippen LogP contribution in [0.1, 0.15) is 5.56 Å². The van der Waals surface area contributed by atoms with E-state index < -0.39 is 12.2 Å². The van der Waals surface area contributed by atoms with E-state index in [9.17, 15) is 9.59 Å². The molecular formula is C12H13NO3S. The lowest BCUT2D eigenvalue weighted by molar-refractivity contribution is -0.128. The number of benzene rings is 1. The Morgan fingerprint density at radius 3 is 2.47 bits per heavy atom. The first kappa shape index (κ1) is 12.0. The number of ether oxygens (including phenoxy) is 1. The summed E-state index contributed by atoms with van der Waals surface area (Å²) in [5, 5.41) is 0. The summed E-state index contributed by atoms with van der Waals surface area (Å²) in [6.45, 7) is 2.02. The van der Waals surface area contributed by atoms with E-state index in [0.29, 0.717) is 5.75 Å². The van der Waals surface area contributed by atoms with Gasteiger partial charge in [-0.05, 0) is 19.1 Å². The highest BCUT2D eigenvalue weighted by atomic mass is 32.2. The van der Waals surface area contributed by atoms with E-state index in [1.807, 2.05) is 31.2 Å². The second kappa shape index (κ2) is 4.79. The molecule has 1 aliphatic heterocycles. The van der Waals surface area contributed by atoms with E-state index in [1.165, 1.54) is 24.4 Å². The first-order valence-corrected chi connectivity index (χ1v) is 6.24. The number of hydrogen-bond acceptors (Lipinski definition) is 4. The molecule has 1 fully saturated rings. The third kappa shape index (κ3) is 2.61. The largest absolute Gasteiger partial charge is 0.435 e. The van der Waals surface area contributed by atoms with E-state index in [1.54, 1.807) is 0 Å². The van der Waals surface area contributed by atoms with Crippen LogP contribution in [0.4, 0.5) is 4.79 Å². The number of carbonyl (C=O) groups is 2. The van der Waals surface area contributed by atoms with E-state index in [2.05, 4.69) is 0 Å². The van der Waals surface area contributed by atoms with Crippen molar-refractivity contribution in [3.8, 4) is 0 Å². The molecule has 0 aromatic heterocycles. The highest BCUT2D eigenvalue weighted by Crippen LogP contribution is 2.23. The average Bonchev–Trinajstić information content (AvgIpc) is 2.56. The number of hydrogen-bond donors (Lipinski definition) is 0. The van der Waals surface area contributed by atoms with Gasteiger partial charge in [0.1, 0.15) is 0 Å². The van der Waals surface area contributed by atoms with Crippen LogP contribution in [0.2, 0.25) is 0 Å². The second-order valence-electron chi connectivity index (χ2n) is 3.89. The summed E-state index contributed by atoms with van der Waals surface area (Å²) < 4.78 is 4.95. The molecule has 2 amide bonds. The topological polar surface area (TPSA) is 46.6 Å². The van der Waals surface area contributed by atoms with Crippen molar-refractivity contribution < 1.29 is 14.3 Å². The lowest BCUT2D eigenvalue weighted by Gasteiger charge is -2.06. The summed E-state index contributed by atoms with van der Waals surface area (Å²) in [6, 6.07) is 8.00. The molecule has 0 spiro atoms. The fourth-order valence-corrected chi connectivity index (χ4v) is 2.35. The Balaban J connectivity index is 1.93. The molecule has 1 saturated heterocycles. The molecule has 1 aromatic rings. The SMILES string of the molecule is Cc1ccc(SCC2OC(=O)N(C)C2=O)cc1. The first-order valence-electron chi connectivity index (χ1n) is 5.25. The predicted octanol–water partition coefficient (Wildman–Crippen LogP) is 2.06. The van der Waals surface area contributed by atoms with Crippen molar-refractivity contribution in [1.29, 1.82) is 0 Å². The second-order valence-corrected chi connectivity index (χ2v) is 4.99. The molecule has 1 aromatic carbocycles. The zero-order valence-corrected chi connectivity index (χ0v) is 10.5. The van der Waals surface area contributed by atoms with Crippen LogP contribution in [0.3, 0.4) is 0 Å². The summed E-state index contributed by atoms with van der Waals surface area (Å²) in [4.78, 5) is 24.8. The number of imide groups is 1. The van der Waals surface area contributed by atoms with Gasteiger partial charge in [0, 0.05) is 17.7 Å². The lowest BCUT2D eigenvalue weighted by atomic mass is 10.2. The maximum Gasteiger partial charge on any atom is 0.417 e. The number of amides is 2. The van der Waals surface area contributed by atoms with Crippen LogP contribution in [0.5, 0.6) is 0 Å². The zero-order valence-electron chi connectivity index (χ0n) is 9.67. The molecule has 90 valence electrons. The molecule has 0 aliphatic carbocycles. The van der Waals surface area contributed by atoms with Gasteiger partial charge in [0.15, 0.2) is 6.10 Å². The highest BCUT2D eigenvalue weighted by molar-refractivity contribution is 7.99. The summed E-state index contributed by atoms with van der Waals surface area (Å²) in [5.74, 6) is 0.187. The minimum atomic E-state index is -0.654. The number of nitrogens with zero attached hydrogens (tertiary/aromatic N) is 1. The number of rotatable bonds is 3. The van der Waals surface area contributed by atoms with Crippen LogP contribution in [0.25, 0.3) is 0 Å². The van der Waals surface area contributed by atoms with Gasteiger partial charge in [-0.15, -0.1) is 11.8 Å². The van der Waals surface area contributed by atoms with Crippen LogP contribution in [0.15, 0.2) is 29.2 Å². The van der Waals surface area contributed by atoms with Gasteiger partial charge < -0.3 is 4.74 Å². The van der Waals surface area contributed by atoms with Crippen LogP contribution >= 0.6 is 11.8 Å². The number of cyclic esters (lactones) is 1. The number of thioether (sulfide) groups is 1. The fraction of sp³-hybridized carbons (Fsp3) is 0.333. The Morgan fingerprint density at radius 1 is 1.29 bits per heavy atom. The van der Waals surface area contributed by atoms with E-state index in [0.717, 1.165) is 9.80 Å². The van der Waals surface area contributed by atoms with Gasteiger partial charge >= 0.3 is 6.09 Å². The zero-order chi connectivity index (χ0) is 12.4. The average molecular weight is 251 g/mol. The molecule has 0 radical (unpaired) electrons. The van der Waals surface area contributed by atoms with Crippen LogP contribution < -0.4 is 0 Å². The van der Waals surface area contributed by atoms with Crippen molar-refractivity contribution in [2.45, 2.75) is 17.9 Å². The molecule has 1 unspecified atom stereocenters. The molecule has 1 aliphatic rings. The predicted molar refractivity (Wildman–Crippen MR) is 64.9 cm³/mol. The Morgan fingerprint density at radius 2 is 1.94 bits per heavy atom. The Hall–Kier alpha value is -1.49. The Labute approximate surface area is 104 Å². The Bertz CT molecular complexity index is 444. The van der Waals surface area contributed by atoms with Gasteiger partial charge in [-0.1, -0.05) is 17.7 Å². The molecule has 17 heavy (non-hydrogen) atoms. The summed E-state index contributed by atoms with van der Waals surface area (Å²) >= 11 is 1.51. The van der Waals surface area contributed by atoms with Crippen LogP contribution in [-0.2, 0) is 9.53 Å². The van der Waals surface area contributed by atoms with Gasteiger partial charge in [-0.3, -0.25) is 4.79 Å². The monoisotopic (exact) mass is 251 g/mol. The summed E-state index contributed by atoms with van der Waals surface area (Å²) in [5.41, 5.74) is 1.19. The number of carbonyl (C=O) groups excluding carboxylic acids is 2. The van der Waals surface area contributed by atoms with Gasteiger partial charge in [0.05, 0.1) is 0 Å².